The van der Waals surface area contributed by atoms with E-state index in [9.17, 15) is 18.0 Å². The van der Waals surface area contributed by atoms with Gasteiger partial charge in [-0.2, -0.15) is 0 Å². The van der Waals surface area contributed by atoms with E-state index in [1.54, 1.807) is 6.92 Å². The number of rotatable bonds is 5. The lowest BCUT2D eigenvalue weighted by Crippen LogP contribution is -2.64. The van der Waals surface area contributed by atoms with E-state index in [1.807, 2.05) is 30.3 Å². The molecule has 2 unspecified atom stereocenters. The van der Waals surface area contributed by atoms with Crippen LogP contribution < -0.4 is 0 Å². The quantitative estimate of drug-likeness (QED) is 0.587. The standard InChI is InChI=1S/C14H17NO5S/c1-10-13(17)15(14(10)21(2,18)19)8-12(16)20-9-11-6-4-3-5-7-11/h3-7,10,14H,8-9H2,1-2H3. The lowest BCUT2D eigenvalue weighted by molar-refractivity contribution is -0.160. The third-order valence-corrected chi connectivity index (χ3v) is 4.93. The Labute approximate surface area is 123 Å². The molecule has 0 radical (unpaired) electrons. The lowest BCUT2D eigenvalue weighted by Gasteiger charge is -2.43. The van der Waals surface area contributed by atoms with E-state index in [0.717, 1.165) is 16.7 Å². The summed E-state index contributed by atoms with van der Waals surface area (Å²) in [5, 5.41) is -0.936. The molecular formula is C14H17NO5S. The van der Waals surface area contributed by atoms with Crippen LogP contribution in [0.2, 0.25) is 0 Å². The Kier molecular flexibility index (Phi) is 4.32. The van der Waals surface area contributed by atoms with Gasteiger partial charge in [0.1, 0.15) is 18.5 Å². The number of nitrogens with zero attached hydrogens (tertiary/aromatic N) is 1. The summed E-state index contributed by atoms with van der Waals surface area (Å²) in [4.78, 5) is 24.5. The van der Waals surface area contributed by atoms with Crippen molar-refractivity contribution < 1.29 is 22.7 Å². The second-order valence-electron chi connectivity index (χ2n) is 5.12. The number of β-lactam (4-membered cyclic amide) rings is 1. The maximum absolute atomic E-state index is 11.7. The maximum Gasteiger partial charge on any atom is 0.326 e. The molecular weight excluding hydrogens is 294 g/mol. The van der Waals surface area contributed by atoms with Gasteiger partial charge >= 0.3 is 5.97 Å². The van der Waals surface area contributed by atoms with E-state index in [2.05, 4.69) is 0 Å². The second-order valence-corrected chi connectivity index (χ2v) is 7.26. The SMILES string of the molecule is CC1C(=O)N(CC(=O)OCc2ccccc2)C1S(C)(=O)=O. The van der Waals surface area contributed by atoms with Crippen molar-refractivity contribution in [2.45, 2.75) is 18.9 Å². The van der Waals surface area contributed by atoms with Crippen LogP contribution in [0.3, 0.4) is 0 Å². The van der Waals surface area contributed by atoms with Gasteiger partial charge in [-0.3, -0.25) is 9.59 Å². The van der Waals surface area contributed by atoms with Crippen molar-refractivity contribution in [3.05, 3.63) is 35.9 Å². The van der Waals surface area contributed by atoms with Gasteiger partial charge in [0.25, 0.3) is 0 Å². The predicted molar refractivity (Wildman–Crippen MR) is 75.7 cm³/mol. The minimum atomic E-state index is -3.41. The molecule has 1 aliphatic rings. The highest BCUT2D eigenvalue weighted by atomic mass is 32.2. The van der Waals surface area contributed by atoms with E-state index < -0.39 is 27.1 Å². The fourth-order valence-electron chi connectivity index (χ4n) is 2.39. The van der Waals surface area contributed by atoms with E-state index >= 15 is 0 Å². The molecule has 21 heavy (non-hydrogen) atoms. The van der Waals surface area contributed by atoms with Crippen LogP contribution >= 0.6 is 0 Å². The van der Waals surface area contributed by atoms with Crippen molar-refractivity contribution in [3.8, 4) is 0 Å². The molecule has 0 aliphatic carbocycles. The largest absolute Gasteiger partial charge is 0.459 e. The normalized spacial score (nSPS) is 21.8. The summed E-state index contributed by atoms with van der Waals surface area (Å²) < 4.78 is 28.2. The molecule has 0 bridgehead atoms. The maximum atomic E-state index is 11.7. The Balaban J connectivity index is 1.92. The average Bonchev–Trinajstić information content (AvgIpc) is 2.44. The number of likely N-dealkylation sites (tertiary alicyclic amines) is 1. The van der Waals surface area contributed by atoms with Gasteiger partial charge < -0.3 is 9.64 Å². The van der Waals surface area contributed by atoms with Crippen molar-refractivity contribution in [1.82, 2.24) is 4.90 Å². The lowest BCUT2D eigenvalue weighted by atomic mass is 10.0. The zero-order valence-corrected chi connectivity index (χ0v) is 12.7. The topological polar surface area (TPSA) is 80.8 Å². The predicted octanol–water partition coefficient (Wildman–Crippen LogP) is 0.579. The number of hydrogen-bond acceptors (Lipinski definition) is 5. The Morgan fingerprint density at radius 3 is 2.48 bits per heavy atom. The van der Waals surface area contributed by atoms with Crippen LogP contribution in [0, 0.1) is 5.92 Å². The van der Waals surface area contributed by atoms with Crippen LogP contribution in [0.15, 0.2) is 30.3 Å². The highest BCUT2D eigenvalue weighted by Gasteiger charge is 2.50. The second kappa shape index (κ2) is 5.85. The molecule has 1 saturated heterocycles. The molecule has 0 N–H and O–H groups in total. The molecule has 0 saturated carbocycles. The van der Waals surface area contributed by atoms with Crippen molar-refractivity contribution in [1.29, 1.82) is 0 Å². The number of carbonyl (C=O) groups excluding carboxylic acids is 2. The first-order valence-corrected chi connectivity index (χ1v) is 8.45. The van der Waals surface area contributed by atoms with E-state index in [1.165, 1.54) is 0 Å². The van der Waals surface area contributed by atoms with Crippen LogP contribution in [-0.4, -0.2) is 43.4 Å². The number of esters is 1. The molecule has 7 heteroatoms. The first kappa shape index (κ1) is 15.5. The van der Waals surface area contributed by atoms with Crippen molar-refractivity contribution in [3.63, 3.8) is 0 Å². The Hall–Kier alpha value is -1.89. The van der Waals surface area contributed by atoms with Crippen LogP contribution in [0.1, 0.15) is 12.5 Å². The number of benzene rings is 1. The van der Waals surface area contributed by atoms with Crippen molar-refractivity contribution >= 4 is 21.7 Å². The monoisotopic (exact) mass is 311 g/mol. The summed E-state index contributed by atoms with van der Waals surface area (Å²) >= 11 is 0. The van der Waals surface area contributed by atoms with Crippen LogP contribution in [0.25, 0.3) is 0 Å². The molecule has 1 amide bonds. The summed E-state index contributed by atoms with van der Waals surface area (Å²) in [5.74, 6) is -1.57. The van der Waals surface area contributed by atoms with Crippen LogP contribution in [0.5, 0.6) is 0 Å². The summed E-state index contributed by atoms with van der Waals surface area (Å²) in [6, 6.07) is 9.11. The molecule has 2 atom stereocenters. The van der Waals surface area contributed by atoms with Gasteiger partial charge in [0.2, 0.25) is 5.91 Å². The smallest absolute Gasteiger partial charge is 0.326 e. The van der Waals surface area contributed by atoms with E-state index in [0.29, 0.717) is 0 Å². The summed E-state index contributed by atoms with van der Waals surface area (Å²) in [7, 11) is -3.41. The third-order valence-electron chi connectivity index (χ3n) is 3.39. The van der Waals surface area contributed by atoms with Crippen molar-refractivity contribution in [2.24, 2.45) is 5.92 Å². The number of amides is 1. The number of ether oxygens (including phenoxy) is 1. The summed E-state index contributed by atoms with van der Waals surface area (Å²) in [5.41, 5.74) is 0.828. The minimum Gasteiger partial charge on any atom is -0.459 e. The van der Waals surface area contributed by atoms with Gasteiger partial charge in [-0.15, -0.1) is 0 Å². The Bertz CT molecular complexity index is 641. The van der Waals surface area contributed by atoms with Crippen LogP contribution in [0.4, 0.5) is 0 Å². The highest BCUT2D eigenvalue weighted by Crippen LogP contribution is 2.29. The van der Waals surface area contributed by atoms with E-state index in [4.69, 9.17) is 4.74 Å². The summed E-state index contributed by atoms with van der Waals surface area (Å²) in [6.07, 6.45) is 1.06. The van der Waals surface area contributed by atoms with Gasteiger partial charge in [-0.05, 0) is 5.56 Å². The molecule has 1 aromatic rings. The van der Waals surface area contributed by atoms with Gasteiger partial charge in [-0.25, -0.2) is 8.42 Å². The fourth-order valence-corrected chi connectivity index (χ4v) is 3.89. The first-order chi connectivity index (χ1) is 9.80. The molecule has 0 aromatic heterocycles. The summed E-state index contributed by atoms with van der Waals surface area (Å²) in [6.45, 7) is 1.30. The van der Waals surface area contributed by atoms with Gasteiger partial charge in [0.15, 0.2) is 9.84 Å². The first-order valence-electron chi connectivity index (χ1n) is 6.49. The van der Waals surface area contributed by atoms with Crippen LogP contribution in [-0.2, 0) is 30.8 Å². The molecule has 6 nitrogen and oxygen atoms in total. The third kappa shape index (κ3) is 3.41. The Morgan fingerprint density at radius 1 is 1.29 bits per heavy atom. The van der Waals surface area contributed by atoms with Crippen molar-refractivity contribution in [2.75, 3.05) is 12.8 Å². The molecule has 1 aliphatic heterocycles. The fraction of sp³-hybridized carbons (Fsp3) is 0.429. The average molecular weight is 311 g/mol. The molecule has 1 fully saturated rings. The molecule has 0 spiro atoms. The zero-order chi connectivity index (χ0) is 15.6. The number of carbonyl (C=O) groups is 2. The molecule has 2 rings (SSSR count). The molecule has 1 heterocycles. The number of hydrogen-bond donors (Lipinski definition) is 0. The molecule has 1 aromatic carbocycles. The number of sulfone groups is 1. The molecule has 114 valence electrons. The highest BCUT2D eigenvalue weighted by molar-refractivity contribution is 7.91. The van der Waals surface area contributed by atoms with Gasteiger partial charge in [-0.1, -0.05) is 37.3 Å². The zero-order valence-electron chi connectivity index (χ0n) is 11.9. The minimum absolute atomic E-state index is 0.0980. The van der Waals surface area contributed by atoms with Gasteiger partial charge in [0, 0.05) is 6.26 Å². The van der Waals surface area contributed by atoms with E-state index in [-0.39, 0.29) is 19.1 Å². The van der Waals surface area contributed by atoms with Gasteiger partial charge in [0.05, 0.1) is 5.92 Å². The Morgan fingerprint density at radius 2 is 1.90 bits per heavy atom.